The first-order valence-corrected chi connectivity index (χ1v) is 9.60. The summed E-state index contributed by atoms with van der Waals surface area (Å²) in [6, 6.07) is 26.9. The van der Waals surface area contributed by atoms with Crippen LogP contribution in [0.1, 0.15) is 0 Å². The Morgan fingerprint density at radius 2 is 1.30 bits per heavy atom. The topological polar surface area (TPSA) is 26.3 Å². The Bertz CT molecular complexity index is 1490. The van der Waals surface area contributed by atoms with E-state index >= 15 is 0 Å². The molecule has 4 aromatic carbocycles. The lowest BCUT2D eigenvalue weighted by Crippen LogP contribution is -1.79. The zero-order valence-corrected chi connectivity index (χ0v) is 15.8. The Morgan fingerprint density at radius 1 is 0.556 bits per heavy atom. The summed E-state index contributed by atoms with van der Waals surface area (Å²) in [4.78, 5) is 0. The van der Waals surface area contributed by atoms with Gasteiger partial charge in [-0.3, -0.25) is 0 Å². The number of hydrogen-bond donors (Lipinski definition) is 0. The second-order valence-electron chi connectivity index (χ2n) is 6.73. The molecule has 128 valence electrons. The van der Waals surface area contributed by atoms with Crippen LogP contribution in [-0.4, -0.2) is 0 Å². The van der Waals surface area contributed by atoms with Crippen molar-refractivity contribution in [2.45, 2.75) is 0 Å². The van der Waals surface area contributed by atoms with Crippen LogP contribution in [0.25, 0.3) is 55.0 Å². The Balaban J connectivity index is 1.67. The normalized spacial score (nSPS) is 11.9. The molecule has 0 spiro atoms. The number of fused-ring (bicyclic) bond motifs is 6. The largest absolute Gasteiger partial charge is 0.456 e. The van der Waals surface area contributed by atoms with Crippen LogP contribution in [0.15, 0.2) is 92.2 Å². The highest BCUT2D eigenvalue weighted by Gasteiger charge is 2.14. The Kier molecular flexibility index (Phi) is 3.06. The van der Waals surface area contributed by atoms with Gasteiger partial charge in [0.25, 0.3) is 0 Å². The van der Waals surface area contributed by atoms with Crippen LogP contribution in [-0.2, 0) is 0 Å². The van der Waals surface area contributed by atoms with Crippen molar-refractivity contribution in [1.29, 1.82) is 0 Å². The van der Waals surface area contributed by atoms with E-state index in [-0.39, 0.29) is 0 Å². The zero-order valence-electron chi connectivity index (χ0n) is 14.2. The van der Waals surface area contributed by atoms with Crippen molar-refractivity contribution in [2.24, 2.45) is 0 Å². The summed E-state index contributed by atoms with van der Waals surface area (Å²) in [6.45, 7) is 0. The highest BCUT2D eigenvalue weighted by atomic mass is 79.9. The summed E-state index contributed by atoms with van der Waals surface area (Å²) < 4.78 is 13.2. The first-order chi connectivity index (χ1) is 13.3. The molecule has 0 amide bonds. The van der Waals surface area contributed by atoms with Gasteiger partial charge in [0.15, 0.2) is 0 Å². The predicted molar refractivity (Wildman–Crippen MR) is 114 cm³/mol. The average molecular weight is 413 g/mol. The van der Waals surface area contributed by atoms with Crippen molar-refractivity contribution < 1.29 is 8.83 Å². The quantitative estimate of drug-likeness (QED) is 0.274. The van der Waals surface area contributed by atoms with E-state index in [2.05, 4.69) is 58.4 Å². The van der Waals surface area contributed by atoms with Gasteiger partial charge in [0.05, 0.1) is 0 Å². The third-order valence-corrected chi connectivity index (χ3v) is 5.64. The number of furan rings is 2. The Hall–Kier alpha value is -3.04. The van der Waals surface area contributed by atoms with E-state index in [9.17, 15) is 0 Å². The van der Waals surface area contributed by atoms with Gasteiger partial charge in [-0.1, -0.05) is 58.4 Å². The second kappa shape index (κ2) is 5.48. The third-order valence-electron chi connectivity index (χ3n) is 5.15. The average Bonchev–Trinajstić information content (AvgIpc) is 3.25. The molecule has 0 aliphatic rings. The summed E-state index contributed by atoms with van der Waals surface area (Å²) >= 11 is 3.56. The molecule has 6 rings (SSSR count). The molecule has 0 fully saturated rings. The highest BCUT2D eigenvalue weighted by Crippen LogP contribution is 2.38. The maximum atomic E-state index is 6.21. The van der Waals surface area contributed by atoms with E-state index in [0.717, 1.165) is 59.5 Å². The molecule has 0 unspecified atom stereocenters. The molecule has 0 saturated heterocycles. The van der Waals surface area contributed by atoms with Gasteiger partial charge in [-0.05, 0) is 42.0 Å². The van der Waals surface area contributed by atoms with Crippen molar-refractivity contribution in [3.63, 3.8) is 0 Å². The predicted octanol–water partition coefficient (Wildman–Crippen LogP) is 7.91. The van der Waals surface area contributed by atoms with Crippen molar-refractivity contribution >= 4 is 59.8 Å². The second-order valence-corrected chi connectivity index (χ2v) is 7.65. The maximum absolute atomic E-state index is 6.21. The smallest absolute Gasteiger partial charge is 0.143 e. The summed E-state index contributed by atoms with van der Waals surface area (Å²) in [6.07, 6.45) is 0. The summed E-state index contributed by atoms with van der Waals surface area (Å²) in [7, 11) is 0. The van der Waals surface area contributed by atoms with E-state index in [1.807, 2.05) is 36.4 Å². The highest BCUT2D eigenvalue weighted by molar-refractivity contribution is 9.10. The maximum Gasteiger partial charge on any atom is 0.143 e. The van der Waals surface area contributed by atoms with Crippen LogP contribution in [0.3, 0.4) is 0 Å². The van der Waals surface area contributed by atoms with Crippen LogP contribution >= 0.6 is 15.9 Å². The van der Waals surface area contributed by atoms with Crippen molar-refractivity contribution in [3.8, 4) is 11.1 Å². The lowest BCUT2D eigenvalue weighted by molar-refractivity contribution is 0.668. The van der Waals surface area contributed by atoms with Gasteiger partial charge >= 0.3 is 0 Å². The van der Waals surface area contributed by atoms with E-state index in [0.29, 0.717) is 0 Å². The molecule has 0 saturated carbocycles. The minimum absolute atomic E-state index is 0.892. The molecule has 2 heterocycles. The first-order valence-electron chi connectivity index (χ1n) is 8.80. The van der Waals surface area contributed by atoms with Gasteiger partial charge < -0.3 is 8.83 Å². The van der Waals surface area contributed by atoms with Crippen molar-refractivity contribution in [2.75, 3.05) is 0 Å². The SMILES string of the molecule is Brc1ccc2oc3ccc(-c4cccc5c4oc4ccccc45)cc3c2c1. The molecular formula is C24H13BrO2. The molecule has 0 aliphatic carbocycles. The fourth-order valence-electron chi connectivity index (χ4n) is 3.89. The van der Waals surface area contributed by atoms with Gasteiger partial charge in [0.1, 0.15) is 22.3 Å². The monoisotopic (exact) mass is 412 g/mol. The molecular weight excluding hydrogens is 400 g/mol. The zero-order chi connectivity index (χ0) is 18.0. The van der Waals surface area contributed by atoms with Crippen molar-refractivity contribution in [3.05, 3.63) is 83.3 Å². The van der Waals surface area contributed by atoms with Gasteiger partial charge in [0, 0.05) is 31.6 Å². The van der Waals surface area contributed by atoms with Gasteiger partial charge in [0.2, 0.25) is 0 Å². The molecule has 0 N–H and O–H groups in total. The molecule has 27 heavy (non-hydrogen) atoms. The molecule has 0 atom stereocenters. The lowest BCUT2D eigenvalue weighted by Gasteiger charge is -2.03. The number of halogens is 1. The minimum Gasteiger partial charge on any atom is -0.456 e. The Labute approximate surface area is 163 Å². The van der Waals surface area contributed by atoms with Crippen LogP contribution in [0, 0.1) is 0 Å². The number of rotatable bonds is 1. The molecule has 0 bridgehead atoms. The van der Waals surface area contributed by atoms with Crippen molar-refractivity contribution in [1.82, 2.24) is 0 Å². The summed E-state index contributed by atoms with van der Waals surface area (Å²) in [5.74, 6) is 0. The van der Waals surface area contributed by atoms with E-state index in [1.165, 1.54) is 0 Å². The standard InChI is InChI=1S/C24H13BrO2/c25-15-9-11-23-20(13-15)19-12-14(8-10-22(19)26-23)16-5-3-6-18-17-4-1-2-7-21(17)27-24(16)18/h1-13H. The van der Waals surface area contributed by atoms with Crippen LogP contribution < -0.4 is 0 Å². The van der Waals surface area contributed by atoms with Crippen LogP contribution in [0.5, 0.6) is 0 Å². The number of para-hydroxylation sites is 2. The van der Waals surface area contributed by atoms with E-state index < -0.39 is 0 Å². The molecule has 0 radical (unpaired) electrons. The summed E-state index contributed by atoms with van der Waals surface area (Å²) in [5.41, 5.74) is 5.84. The fourth-order valence-corrected chi connectivity index (χ4v) is 4.25. The lowest BCUT2D eigenvalue weighted by atomic mass is 10.0. The van der Waals surface area contributed by atoms with E-state index in [4.69, 9.17) is 8.83 Å². The van der Waals surface area contributed by atoms with E-state index in [1.54, 1.807) is 0 Å². The van der Waals surface area contributed by atoms with Gasteiger partial charge in [-0.25, -0.2) is 0 Å². The number of benzene rings is 4. The van der Waals surface area contributed by atoms with Gasteiger partial charge in [-0.15, -0.1) is 0 Å². The molecule has 6 aromatic rings. The Morgan fingerprint density at radius 3 is 2.22 bits per heavy atom. The molecule has 0 aliphatic heterocycles. The third kappa shape index (κ3) is 2.18. The summed E-state index contributed by atoms with van der Waals surface area (Å²) in [5, 5.41) is 4.51. The molecule has 3 heteroatoms. The van der Waals surface area contributed by atoms with Crippen LogP contribution in [0.4, 0.5) is 0 Å². The first kappa shape index (κ1) is 15.1. The minimum atomic E-state index is 0.892. The molecule has 2 aromatic heterocycles. The fraction of sp³-hybridized carbons (Fsp3) is 0. The molecule has 2 nitrogen and oxygen atoms in total. The number of hydrogen-bond acceptors (Lipinski definition) is 2. The van der Waals surface area contributed by atoms with Gasteiger partial charge in [-0.2, -0.15) is 0 Å². The van der Waals surface area contributed by atoms with Crippen LogP contribution in [0.2, 0.25) is 0 Å².